The Labute approximate surface area is 75.8 Å². The summed E-state index contributed by atoms with van der Waals surface area (Å²) in [4.78, 5) is 10.5. The molecule has 0 aromatic heterocycles. The van der Waals surface area contributed by atoms with Crippen LogP contribution in [-0.4, -0.2) is 29.3 Å². The number of benzene rings is 1. The molecule has 1 rings (SSSR count). The number of carbonyl (C=O) groups is 1. The molecule has 0 saturated heterocycles. The Hall–Kier alpha value is -1.55. The van der Waals surface area contributed by atoms with Gasteiger partial charge in [-0.25, -0.2) is 4.79 Å². The molecule has 0 radical (unpaired) electrons. The average Bonchev–Trinajstić information content (AvgIpc) is 2.15. The van der Waals surface area contributed by atoms with Gasteiger partial charge in [-0.05, 0) is 18.2 Å². The van der Waals surface area contributed by atoms with Gasteiger partial charge in [-0.2, -0.15) is 0 Å². The Morgan fingerprint density at radius 2 is 2.23 bits per heavy atom. The molecule has 13 heavy (non-hydrogen) atoms. The van der Waals surface area contributed by atoms with Crippen LogP contribution < -0.4 is 5.32 Å². The van der Waals surface area contributed by atoms with Gasteiger partial charge in [-0.1, -0.05) is 6.07 Å². The quantitative estimate of drug-likeness (QED) is 0.642. The lowest BCUT2D eigenvalue weighted by molar-refractivity contribution is 0.0697. The minimum atomic E-state index is -0.951. The topological polar surface area (TPSA) is 69.6 Å². The standard InChI is InChI=1S/C9H11NO3/c11-5-4-10-8-3-1-2-7(6-8)9(12)13/h1-3,6,10-11H,4-5H2,(H,12,13). The summed E-state index contributed by atoms with van der Waals surface area (Å²) in [6.45, 7) is 0.445. The van der Waals surface area contributed by atoms with Crippen molar-refractivity contribution in [3.63, 3.8) is 0 Å². The van der Waals surface area contributed by atoms with Crippen molar-refractivity contribution < 1.29 is 15.0 Å². The highest BCUT2D eigenvalue weighted by atomic mass is 16.4. The first-order valence-electron chi connectivity index (χ1n) is 3.92. The zero-order valence-electron chi connectivity index (χ0n) is 7.03. The van der Waals surface area contributed by atoms with Crippen molar-refractivity contribution in [2.24, 2.45) is 0 Å². The zero-order valence-corrected chi connectivity index (χ0v) is 7.03. The fraction of sp³-hybridized carbons (Fsp3) is 0.222. The van der Waals surface area contributed by atoms with E-state index < -0.39 is 5.97 Å². The van der Waals surface area contributed by atoms with Crippen LogP contribution in [0.1, 0.15) is 10.4 Å². The van der Waals surface area contributed by atoms with Gasteiger partial charge in [-0.15, -0.1) is 0 Å². The molecule has 0 saturated carbocycles. The number of hydrogen-bond acceptors (Lipinski definition) is 3. The summed E-state index contributed by atoms with van der Waals surface area (Å²) in [5.41, 5.74) is 0.942. The molecule has 4 heteroatoms. The van der Waals surface area contributed by atoms with E-state index in [2.05, 4.69) is 5.32 Å². The first kappa shape index (κ1) is 9.54. The first-order chi connectivity index (χ1) is 6.24. The highest BCUT2D eigenvalue weighted by Gasteiger charge is 2.01. The van der Waals surface area contributed by atoms with E-state index in [9.17, 15) is 4.79 Å². The fourth-order valence-corrected chi connectivity index (χ4v) is 0.962. The van der Waals surface area contributed by atoms with Gasteiger partial charge in [0.1, 0.15) is 0 Å². The van der Waals surface area contributed by atoms with Crippen LogP contribution in [0, 0.1) is 0 Å². The van der Waals surface area contributed by atoms with Crippen molar-refractivity contribution in [1.82, 2.24) is 0 Å². The van der Waals surface area contributed by atoms with E-state index in [1.165, 1.54) is 12.1 Å². The number of rotatable bonds is 4. The third-order valence-electron chi connectivity index (χ3n) is 1.55. The largest absolute Gasteiger partial charge is 0.478 e. The van der Waals surface area contributed by atoms with E-state index >= 15 is 0 Å². The van der Waals surface area contributed by atoms with Crippen LogP contribution in [0.2, 0.25) is 0 Å². The van der Waals surface area contributed by atoms with E-state index in [0.29, 0.717) is 12.2 Å². The number of hydrogen-bond donors (Lipinski definition) is 3. The predicted octanol–water partition coefficient (Wildman–Crippen LogP) is 0.789. The molecule has 4 nitrogen and oxygen atoms in total. The molecule has 0 aliphatic heterocycles. The Morgan fingerprint density at radius 3 is 2.85 bits per heavy atom. The molecule has 1 aromatic rings. The second-order valence-corrected chi connectivity index (χ2v) is 2.54. The van der Waals surface area contributed by atoms with E-state index in [-0.39, 0.29) is 12.2 Å². The number of aromatic carboxylic acids is 1. The third kappa shape index (κ3) is 2.76. The number of nitrogens with one attached hydrogen (secondary N) is 1. The minimum absolute atomic E-state index is 0.0251. The molecule has 0 fully saturated rings. The summed E-state index contributed by atoms with van der Waals surface area (Å²) in [6.07, 6.45) is 0. The molecule has 0 heterocycles. The van der Waals surface area contributed by atoms with Crippen LogP contribution in [0.15, 0.2) is 24.3 Å². The van der Waals surface area contributed by atoms with Crippen molar-refractivity contribution in [2.45, 2.75) is 0 Å². The second-order valence-electron chi connectivity index (χ2n) is 2.54. The maximum Gasteiger partial charge on any atom is 0.335 e. The van der Waals surface area contributed by atoms with Crippen LogP contribution in [0.3, 0.4) is 0 Å². The fourth-order valence-electron chi connectivity index (χ4n) is 0.962. The molecule has 0 spiro atoms. The third-order valence-corrected chi connectivity index (χ3v) is 1.55. The van der Waals surface area contributed by atoms with E-state index in [4.69, 9.17) is 10.2 Å². The van der Waals surface area contributed by atoms with Gasteiger partial charge in [0.15, 0.2) is 0 Å². The van der Waals surface area contributed by atoms with Crippen LogP contribution in [0.25, 0.3) is 0 Å². The molecule has 0 aliphatic carbocycles. The molecule has 0 atom stereocenters. The Morgan fingerprint density at radius 1 is 1.46 bits per heavy atom. The number of carboxylic acid groups (broad SMARTS) is 1. The zero-order chi connectivity index (χ0) is 9.68. The normalized spacial score (nSPS) is 9.62. The first-order valence-corrected chi connectivity index (χ1v) is 3.92. The summed E-state index contributed by atoms with van der Waals surface area (Å²) in [6, 6.07) is 6.45. The van der Waals surface area contributed by atoms with Gasteiger partial charge in [0.25, 0.3) is 0 Å². The molecular weight excluding hydrogens is 170 g/mol. The molecule has 0 unspecified atom stereocenters. The highest BCUT2D eigenvalue weighted by molar-refractivity contribution is 5.88. The summed E-state index contributed by atoms with van der Waals surface area (Å²) in [7, 11) is 0. The van der Waals surface area contributed by atoms with Gasteiger partial charge < -0.3 is 15.5 Å². The second kappa shape index (κ2) is 4.47. The van der Waals surface area contributed by atoms with Crippen molar-refractivity contribution in [1.29, 1.82) is 0 Å². The van der Waals surface area contributed by atoms with Crippen molar-refractivity contribution in [2.75, 3.05) is 18.5 Å². The van der Waals surface area contributed by atoms with E-state index in [0.717, 1.165) is 0 Å². The minimum Gasteiger partial charge on any atom is -0.478 e. The Kier molecular flexibility index (Phi) is 3.28. The van der Waals surface area contributed by atoms with Gasteiger partial charge in [0.05, 0.1) is 12.2 Å². The monoisotopic (exact) mass is 181 g/mol. The van der Waals surface area contributed by atoms with Crippen LogP contribution >= 0.6 is 0 Å². The maximum absolute atomic E-state index is 10.5. The summed E-state index contributed by atoms with van der Waals surface area (Å²) in [5.74, 6) is -0.951. The number of aliphatic hydroxyl groups is 1. The molecule has 0 bridgehead atoms. The van der Waals surface area contributed by atoms with Gasteiger partial charge >= 0.3 is 5.97 Å². The number of aliphatic hydroxyl groups excluding tert-OH is 1. The number of anilines is 1. The number of carboxylic acids is 1. The van der Waals surface area contributed by atoms with Gasteiger partial charge in [-0.3, -0.25) is 0 Å². The molecular formula is C9H11NO3. The maximum atomic E-state index is 10.5. The van der Waals surface area contributed by atoms with Crippen molar-refractivity contribution in [3.05, 3.63) is 29.8 Å². The SMILES string of the molecule is O=C(O)c1cccc(NCCO)c1. The average molecular weight is 181 g/mol. The van der Waals surface area contributed by atoms with Crippen LogP contribution in [0.5, 0.6) is 0 Å². The molecule has 0 aliphatic rings. The smallest absolute Gasteiger partial charge is 0.335 e. The van der Waals surface area contributed by atoms with Gasteiger partial charge in [0.2, 0.25) is 0 Å². The van der Waals surface area contributed by atoms with Crippen LogP contribution in [-0.2, 0) is 0 Å². The summed E-state index contributed by atoms with van der Waals surface area (Å²) in [5, 5.41) is 20.1. The van der Waals surface area contributed by atoms with E-state index in [1.54, 1.807) is 12.1 Å². The summed E-state index contributed by atoms with van der Waals surface area (Å²) < 4.78 is 0. The van der Waals surface area contributed by atoms with Crippen molar-refractivity contribution >= 4 is 11.7 Å². The van der Waals surface area contributed by atoms with E-state index in [1.807, 2.05) is 0 Å². The highest BCUT2D eigenvalue weighted by Crippen LogP contribution is 2.09. The Balaban J connectivity index is 2.73. The summed E-state index contributed by atoms with van der Waals surface area (Å²) >= 11 is 0. The lowest BCUT2D eigenvalue weighted by Gasteiger charge is -2.04. The molecule has 3 N–H and O–H groups in total. The van der Waals surface area contributed by atoms with Crippen LogP contribution in [0.4, 0.5) is 5.69 Å². The predicted molar refractivity (Wildman–Crippen MR) is 49.0 cm³/mol. The Bertz CT molecular complexity index is 299. The molecule has 70 valence electrons. The molecule has 1 aromatic carbocycles. The lowest BCUT2D eigenvalue weighted by atomic mass is 10.2. The van der Waals surface area contributed by atoms with Crippen molar-refractivity contribution in [3.8, 4) is 0 Å². The molecule has 0 amide bonds. The lowest BCUT2D eigenvalue weighted by Crippen LogP contribution is -2.06. The van der Waals surface area contributed by atoms with Gasteiger partial charge in [0, 0.05) is 12.2 Å².